The van der Waals surface area contributed by atoms with Crippen LogP contribution in [0.25, 0.3) is 11.1 Å². The fourth-order valence-corrected chi connectivity index (χ4v) is 2.59. The number of hydrogen-bond donors (Lipinski definition) is 1. The Morgan fingerprint density at radius 1 is 0.947 bits per heavy atom. The summed E-state index contributed by atoms with van der Waals surface area (Å²) in [5, 5.41) is 9.28. The highest BCUT2D eigenvalue weighted by molar-refractivity contribution is 5.91. The summed E-state index contributed by atoms with van der Waals surface area (Å²) in [5.74, 6) is -0.842. The van der Waals surface area contributed by atoms with Gasteiger partial charge in [0.15, 0.2) is 0 Å². The van der Waals surface area contributed by atoms with Crippen molar-refractivity contribution in [1.29, 1.82) is 0 Å². The largest absolute Gasteiger partial charge is 0.478 e. The zero-order valence-electron chi connectivity index (χ0n) is 11.3. The van der Waals surface area contributed by atoms with Gasteiger partial charge in [-0.3, -0.25) is 0 Å². The van der Waals surface area contributed by atoms with Crippen LogP contribution in [-0.4, -0.2) is 11.1 Å². The van der Waals surface area contributed by atoms with Gasteiger partial charge in [0.05, 0.1) is 5.56 Å². The lowest BCUT2D eigenvalue weighted by molar-refractivity contribution is 0.0695. The van der Waals surface area contributed by atoms with Crippen LogP contribution in [0.5, 0.6) is 0 Å². The van der Waals surface area contributed by atoms with E-state index in [1.807, 2.05) is 31.2 Å². The summed E-state index contributed by atoms with van der Waals surface area (Å²) in [6.07, 6.45) is 1.58. The van der Waals surface area contributed by atoms with Crippen molar-refractivity contribution >= 4 is 5.97 Å². The maximum absolute atomic E-state index is 11.3. The van der Waals surface area contributed by atoms with Gasteiger partial charge in [0, 0.05) is 0 Å². The molecule has 0 aliphatic heterocycles. The van der Waals surface area contributed by atoms with Crippen LogP contribution >= 0.6 is 0 Å². The monoisotopic (exact) mass is 254 g/mol. The third-order valence-electron chi connectivity index (χ3n) is 3.45. The van der Waals surface area contributed by atoms with Crippen LogP contribution in [0.3, 0.4) is 0 Å². The molecule has 0 aliphatic rings. The molecule has 0 heterocycles. The third-order valence-corrected chi connectivity index (χ3v) is 3.45. The topological polar surface area (TPSA) is 37.3 Å². The predicted molar refractivity (Wildman–Crippen MR) is 77.6 cm³/mol. The molecule has 2 nitrogen and oxygen atoms in total. The van der Waals surface area contributed by atoms with Gasteiger partial charge < -0.3 is 5.11 Å². The number of carboxylic acid groups (broad SMARTS) is 1. The minimum Gasteiger partial charge on any atom is -0.478 e. The fraction of sp³-hybridized carbons (Fsp3) is 0.235. The van der Waals surface area contributed by atoms with Crippen LogP contribution in [-0.2, 0) is 12.8 Å². The van der Waals surface area contributed by atoms with Crippen LogP contribution < -0.4 is 0 Å². The highest BCUT2D eigenvalue weighted by Gasteiger charge is 2.15. The Morgan fingerprint density at radius 3 is 2.11 bits per heavy atom. The van der Waals surface area contributed by atoms with Crippen molar-refractivity contribution in [2.24, 2.45) is 0 Å². The van der Waals surface area contributed by atoms with E-state index in [0.717, 1.165) is 35.1 Å². The predicted octanol–water partition coefficient (Wildman–Crippen LogP) is 4.18. The van der Waals surface area contributed by atoms with Crippen LogP contribution in [0.15, 0.2) is 42.5 Å². The molecule has 0 saturated heterocycles. The van der Waals surface area contributed by atoms with Crippen molar-refractivity contribution < 1.29 is 9.90 Å². The second-order valence-electron chi connectivity index (χ2n) is 4.50. The molecular formula is C17H18O2. The normalized spacial score (nSPS) is 10.4. The van der Waals surface area contributed by atoms with Crippen LogP contribution in [0, 0.1) is 0 Å². The van der Waals surface area contributed by atoms with Gasteiger partial charge >= 0.3 is 5.97 Å². The van der Waals surface area contributed by atoms with Crippen LogP contribution in [0.2, 0.25) is 0 Å². The maximum Gasteiger partial charge on any atom is 0.335 e. The van der Waals surface area contributed by atoms with E-state index in [2.05, 4.69) is 19.1 Å². The van der Waals surface area contributed by atoms with E-state index in [9.17, 15) is 9.90 Å². The summed E-state index contributed by atoms with van der Waals surface area (Å²) in [7, 11) is 0. The first-order valence-corrected chi connectivity index (χ1v) is 6.62. The minimum absolute atomic E-state index is 0.430. The van der Waals surface area contributed by atoms with Gasteiger partial charge in [-0.1, -0.05) is 50.2 Å². The number of carboxylic acids is 1. The number of benzene rings is 2. The molecule has 0 radical (unpaired) electrons. The van der Waals surface area contributed by atoms with E-state index in [4.69, 9.17) is 0 Å². The van der Waals surface area contributed by atoms with Gasteiger partial charge in [0.1, 0.15) is 0 Å². The van der Waals surface area contributed by atoms with Gasteiger partial charge in [0.2, 0.25) is 0 Å². The van der Waals surface area contributed by atoms with E-state index in [-0.39, 0.29) is 0 Å². The standard InChI is InChI=1S/C17H18O2/c1-3-13-14(4-2)16(17(18)19)11-10-15(13)12-8-6-5-7-9-12/h5-11H,3-4H2,1-2H3,(H,18,19). The molecule has 19 heavy (non-hydrogen) atoms. The Hall–Kier alpha value is -2.09. The van der Waals surface area contributed by atoms with Crippen molar-refractivity contribution in [2.75, 3.05) is 0 Å². The first-order valence-electron chi connectivity index (χ1n) is 6.62. The highest BCUT2D eigenvalue weighted by Crippen LogP contribution is 2.29. The summed E-state index contributed by atoms with van der Waals surface area (Å²) in [5.41, 5.74) is 4.82. The third kappa shape index (κ3) is 2.53. The van der Waals surface area contributed by atoms with Crippen molar-refractivity contribution in [2.45, 2.75) is 26.7 Å². The summed E-state index contributed by atoms with van der Waals surface area (Å²) in [6, 6.07) is 13.8. The van der Waals surface area contributed by atoms with Gasteiger partial charge in [-0.2, -0.15) is 0 Å². The average molecular weight is 254 g/mol. The molecule has 0 spiro atoms. The van der Waals surface area contributed by atoms with Gasteiger partial charge in [-0.15, -0.1) is 0 Å². The van der Waals surface area contributed by atoms with Crippen molar-refractivity contribution in [1.82, 2.24) is 0 Å². The molecule has 2 aromatic rings. The summed E-state index contributed by atoms with van der Waals surface area (Å²) in [4.78, 5) is 11.3. The second kappa shape index (κ2) is 5.70. The molecule has 2 heteroatoms. The van der Waals surface area contributed by atoms with Gasteiger partial charge in [-0.05, 0) is 41.2 Å². The summed E-state index contributed by atoms with van der Waals surface area (Å²) in [6.45, 7) is 4.09. The van der Waals surface area contributed by atoms with E-state index in [0.29, 0.717) is 5.56 Å². The van der Waals surface area contributed by atoms with Gasteiger partial charge in [-0.25, -0.2) is 4.79 Å². The molecule has 0 aliphatic carbocycles. The second-order valence-corrected chi connectivity index (χ2v) is 4.50. The molecule has 0 saturated carbocycles. The molecule has 2 aromatic carbocycles. The van der Waals surface area contributed by atoms with E-state index >= 15 is 0 Å². The van der Waals surface area contributed by atoms with Crippen LogP contribution in [0.4, 0.5) is 0 Å². The Labute approximate surface area is 113 Å². The Kier molecular flexibility index (Phi) is 4.00. The molecular weight excluding hydrogens is 236 g/mol. The van der Waals surface area contributed by atoms with E-state index < -0.39 is 5.97 Å². The lowest BCUT2D eigenvalue weighted by Crippen LogP contribution is -2.06. The molecule has 2 rings (SSSR count). The van der Waals surface area contributed by atoms with Gasteiger partial charge in [0.25, 0.3) is 0 Å². The maximum atomic E-state index is 11.3. The van der Waals surface area contributed by atoms with Crippen molar-refractivity contribution in [3.63, 3.8) is 0 Å². The smallest absolute Gasteiger partial charge is 0.335 e. The van der Waals surface area contributed by atoms with E-state index in [1.54, 1.807) is 6.07 Å². The molecule has 98 valence electrons. The number of rotatable bonds is 4. The zero-order chi connectivity index (χ0) is 13.8. The minimum atomic E-state index is -0.842. The van der Waals surface area contributed by atoms with Crippen molar-refractivity contribution in [3.8, 4) is 11.1 Å². The Balaban J connectivity index is 2.67. The molecule has 0 bridgehead atoms. The lowest BCUT2D eigenvalue weighted by Gasteiger charge is -2.15. The van der Waals surface area contributed by atoms with Crippen LogP contribution in [0.1, 0.15) is 35.3 Å². The first kappa shape index (κ1) is 13.3. The molecule has 0 amide bonds. The Morgan fingerprint density at radius 2 is 1.58 bits per heavy atom. The average Bonchev–Trinajstić information content (AvgIpc) is 2.46. The van der Waals surface area contributed by atoms with Crippen molar-refractivity contribution in [3.05, 3.63) is 59.2 Å². The molecule has 0 atom stereocenters. The number of hydrogen-bond acceptors (Lipinski definition) is 1. The first-order chi connectivity index (χ1) is 9.19. The molecule has 0 unspecified atom stereocenters. The zero-order valence-corrected chi connectivity index (χ0v) is 11.3. The van der Waals surface area contributed by atoms with E-state index in [1.165, 1.54) is 0 Å². The molecule has 0 fully saturated rings. The fourth-order valence-electron chi connectivity index (χ4n) is 2.59. The SMILES string of the molecule is CCc1c(C(=O)O)ccc(-c2ccccc2)c1CC. The quantitative estimate of drug-likeness (QED) is 0.888. The Bertz CT molecular complexity index is 586. The molecule has 0 aromatic heterocycles. The number of carbonyl (C=O) groups is 1. The summed E-state index contributed by atoms with van der Waals surface area (Å²) < 4.78 is 0. The lowest BCUT2D eigenvalue weighted by atomic mass is 9.89. The highest BCUT2D eigenvalue weighted by atomic mass is 16.4. The summed E-state index contributed by atoms with van der Waals surface area (Å²) >= 11 is 0. The molecule has 1 N–H and O–H groups in total. The number of aromatic carboxylic acids is 1.